The summed E-state index contributed by atoms with van der Waals surface area (Å²) in [7, 11) is 0. The highest BCUT2D eigenvalue weighted by Gasteiger charge is 2.14. The van der Waals surface area contributed by atoms with E-state index in [1.54, 1.807) is 19.1 Å². The van der Waals surface area contributed by atoms with Crippen LogP contribution in [0.1, 0.15) is 28.8 Å². The normalized spacial score (nSPS) is 10.2. The van der Waals surface area contributed by atoms with Crippen molar-refractivity contribution in [1.29, 1.82) is 0 Å². The predicted molar refractivity (Wildman–Crippen MR) is 93.2 cm³/mol. The molecule has 0 radical (unpaired) electrons. The summed E-state index contributed by atoms with van der Waals surface area (Å²) in [6.07, 6.45) is 1.64. The van der Waals surface area contributed by atoms with E-state index in [9.17, 15) is 4.79 Å². The number of carbonyl (C=O) groups excluding carboxylic acids is 1. The van der Waals surface area contributed by atoms with Gasteiger partial charge < -0.3 is 10.2 Å². The molecule has 5 heteroatoms. The van der Waals surface area contributed by atoms with Gasteiger partial charge in [0.2, 0.25) is 0 Å². The first kappa shape index (κ1) is 16.7. The maximum Gasteiger partial charge on any atom is 0.270 e. The third-order valence-corrected chi connectivity index (χ3v) is 3.37. The van der Waals surface area contributed by atoms with Gasteiger partial charge in [-0.15, -0.1) is 6.58 Å². The number of carbonyl (C=O) groups is 1. The van der Waals surface area contributed by atoms with Gasteiger partial charge in [-0.3, -0.25) is 4.79 Å². The van der Waals surface area contributed by atoms with Crippen LogP contribution in [0.15, 0.2) is 43.0 Å². The van der Waals surface area contributed by atoms with E-state index in [0.29, 0.717) is 23.9 Å². The van der Waals surface area contributed by atoms with E-state index < -0.39 is 0 Å². The Kier molecular flexibility index (Phi) is 5.46. The fraction of sp³-hybridized carbons (Fsp3) is 0.278. The molecule has 2 rings (SSSR count). The molecule has 1 N–H and O–H groups in total. The number of rotatable bonds is 6. The summed E-state index contributed by atoms with van der Waals surface area (Å²) in [5.41, 5.74) is 2.58. The maximum atomic E-state index is 12.1. The zero-order valence-corrected chi connectivity index (χ0v) is 13.8. The van der Waals surface area contributed by atoms with Crippen molar-refractivity contribution < 1.29 is 4.79 Å². The SMILES string of the molecule is C=CCNC(=O)c1cc(N(CC)c2cccc(C)c2)nc(C)n1. The Morgan fingerprint density at radius 1 is 1.30 bits per heavy atom. The number of amides is 1. The summed E-state index contributed by atoms with van der Waals surface area (Å²) in [6, 6.07) is 9.91. The first-order valence-corrected chi connectivity index (χ1v) is 7.64. The Labute approximate surface area is 137 Å². The molecule has 23 heavy (non-hydrogen) atoms. The average molecular weight is 310 g/mol. The van der Waals surface area contributed by atoms with Crippen LogP contribution in [-0.2, 0) is 0 Å². The molecule has 1 aromatic heterocycles. The van der Waals surface area contributed by atoms with Crippen LogP contribution in [-0.4, -0.2) is 29.0 Å². The van der Waals surface area contributed by atoms with Gasteiger partial charge in [-0.25, -0.2) is 9.97 Å². The number of hydrogen-bond acceptors (Lipinski definition) is 4. The standard InChI is InChI=1S/C18H22N4O/c1-5-10-19-18(23)16-12-17(21-14(4)20-16)22(6-2)15-9-7-8-13(3)11-15/h5,7-9,11-12H,1,6,10H2,2-4H3,(H,19,23). The summed E-state index contributed by atoms with van der Waals surface area (Å²) in [5, 5.41) is 2.74. The molecule has 5 nitrogen and oxygen atoms in total. The van der Waals surface area contributed by atoms with Crippen LogP contribution < -0.4 is 10.2 Å². The highest BCUT2D eigenvalue weighted by atomic mass is 16.1. The molecule has 0 unspecified atom stereocenters. The molecule has 0 saturated heterocycles. The Bertz CT molecular complexity index is 712. The van der Waals surface area contributed by atoms with E-state index in [1.165, 1.54) is 5.56 Å². The van der Waals surface area contributed by atoms with Crippen LogP contribution in [0.4, 0.5) is 11.5 Å². The summed E-state index contributed by atoms with van der Waals surface area (Å²) < 4.78 is 0. The van der Waals surface area contributed by atoms with Gasteiger partial charge in [-0.2, -0.15) is 0 Å². The number of nitrogens with one attached hydrogen (secondary N) is 1. The predicted octanol–water partition coefficient (Wildman–Crippen LogP) is 3.17. The number of benzene rings is 1. The lowest BCUT2D eigenvalue weighted by molar-refractivity contribution is 0.0952. The van der Waals surface area contributed by atoms with Crippen molar-refractivity contribution in [3.05, 3.63) is 60.1 Å². The van der Waals surface area contributed by atoms with Crippen molar-refractivity contribution in [2.75, 3.05) is 18.0 Å². The molecule has 1 aromatic carbocycles. The van der Waals surface area contributed by atoms with Crippen LogP contribution in [0.25, 0.3) is 0 Å². The molecule has 0 saturated carbocycles. The molecule has 1 heterocycles. The molecule has 0 aliphatic carbocycles. The minimum Gasteiger partial charge on any atom is -0.347 e. The number of aryl methyl sites for hydroxylation is 2. The third kappa shape index (κ3) is 4.16. The number of hydrogen-bond donors (Lipinski definition) is 1. The van der Waals surface area contributed by atoms with Crippen LogP contribution in [0.5, 0.6) is 0 Å². The van der Waals surface area contributed by atoms with E-state index in [1.807, 2.05) is 12.1 Å². The van der Waals surface area contributed by atoms with Crippen molar-refractivity contribution in [2.24, 2.45) is 0 Å². The summed E-state index contributed by atoms with van der Waals surface area (Å²) >= 11 is 0. The zero-order valence-electron chi connectivity index (χ0n) is 13.8. The van der Waals surface area contributed by atoms with Crippen molar-refractivity contribution in [3.63, 3.8) is 0 Å². The van der Waals surface area contributed by atoms with Crippen LogP contribution >= 0.6 is 0 Å². The van der Waals surface area contributed by atoms with E-state index in [-0.39, 0.29) is 5.91 Å². The monoisotopic (exact) mass is 310 g/mol. The molecule has 1 amide bonds. The van der Waals surface area contributed by atoms with Crippen LogP contribution in [0.2, 0.25) is 0 Å². The lowest BCUT2D eigenvalue weighted by Gasteiger charge is -2.23. The molecule has 2 aromatic rings. The fourth-order valence-corrected chi connectivity index (χ4v) is 2.33. The van der Waals surface area contributed by atoms with Crippen LogP contribution in [0, 0.1) is 13.8 Å². The minimum absolute atomic E-state index is 0.225. The van der Waals surface area contributed by atoms with Crippen molar-refractivity contribution >= 4 is 17.4 Å². The Balaban J connectivity index is 2.39. The highest BCUT2D eigenvalue weighted by molar-refractivity contribution is 5.93. The van der Waals surface area contributed by atoms with Gasteiger partial charge in [0.05, 0.1) is 0 Å². The first-order valence-electron chi connectivity index (χ1n) is 7.64. The molecular formula is C18H22N4O. The van der Waals surface area contributed by atoms with Crippen molar-refractivity contribution in [1.82, 2.24) is 15.3 Å². The largest absolute Gasteiger partial charge is 0.347 e. The maximum absolute atomic E-state index is 12.1. The van der Waals surface area contributed by atoms with Gasteiger partial charge in [-0.1, -0.05) is 18.2 Å². The van der Waals surface area contributed by atoms with E-state index in [4.69, 9.17) is 0 Å². The highest BCUT2D eigenvalue weighted by Crippen LogP contribution is 2.24. The Morgan fingerprint density at radius 2 is 2.09 bits per heavy atom. The smallest absolute Gasteiger partial charge is 0.270 e. The second kappa shape index (κ2) is 7.54. The van der Waals surface area contributed by atoms with E-state index in [0.717, 1.165) is 12.2 Å². The second-order valence-corrected chi connectivity index (χ2v) is 5.24. The number of anilines is 2. The Morgan fingerprint density at radius 3 is 2.74 bits per heavy atom. The van der Waals surface area contributed by atoms with Crippen molar-refractivity contribution in [3.8, 4) is 0 Å². The fourth-order valence-electron chi connectivity index (χ4n) is 2.33. The molecule has 0 spiro atoms. The van der Waals surface area contributed by atoms with Crippen molar-refractivity contribution in [2.45, 2.75) is 20.8 Å². The van der Waals surface area contributed by atoms with Crippen LogP contribution in [0.3, 0.4) is 0 Å². The lowest BCUT2D eigenvalue weighted by Crippen LogP contribution is -2.26. The van der Waals surface area contributed by atoms with Gasteiger partial charge in [0.1, 0.15) is 17.3 Å². The molecule has 0 aliphatic heterocycles. The molecule has 120 valence electrons. The molecule has 0 aliphatic rings. The van der Waals surface area contributed by atoms with E-state index in [2.05, 4.69) is 52.7 Å². The molecule has 0 atom stereocenters. The van der Waals surface area contributed by atoms with Gasteiger partial charge in [-0.05, 0) is 38.5 Å². The van der Waals surface area contributed by atoms with Gasteiger partial charge in [0, 0.05) is 24.8 Å². The molecule has 0 bridgehead atoms. The number of nitrogens with zero attached hydrogens (tertiary/aromatic N) is 3. The minimum atomic E-state index is -0.225. The second-order valence-electron chi connectivity index (χ2n) is 5.24. The molecule has 0 fully saturated rings. The quantitative estimate of drug-likeness (QED) is 0.833. The molecular weight excluding hydrogens is 288 g/mol. The Hall–Kier alpha value is -2.69. The lowest BCUT2D eigenvalue weighted by atomic mass is 10.2. The average Bonchev–Trinajstić information content (AvgIpc) is 2.53. The van der Waals surface area contributed by atoms with Gasteiger partial charge >= 0.3 is 0 Å². The van der Waals surface area contributed by atoms with E-state index >= 15 is 0 Å². The van der Waals surface area contributed by atoms with Gasteiger partial charge in [0.15, 0.2) is 0 Å². The zero-order chi connectivity index (χ0) is 16.8. The summed E-state index contributed by atoms with van der Waals surface area (Å²) in [5.74, 6) is 1.06. The number of aromatic nitrogens is 2. The first-order chi connectivity index (χ1) is 11.0. The topological polar surface area (TPSA) is 58.1 Å². The van der Waals surface area contributed by atoms with Gasteiger partial charge in [0.25, 0.3) is 5.91 Å². The summed E-state index contributed by atoms with van der Waals surface area (Å²) in [6.45, 7) is 10.6. The summed E-state index contributed by atoms with van der Waals surface area (Å²) in [4.78, 5) is 22.9. The third-order valence-electron chi connectivity index (χ3n) is 3.37.